The Hall–Kier alpha value is -1.31. The smallest absolute Gasteiger partial charge is 0.0900 e. The van der Waals surface area contributed by atoms with E-state index in [1.54, 1.807) is 12.5 Å². The van der Waals surface area contributed by atoms with Crippen LogP contribution in [0.25, 0.3) is 21.9 Å². The van der Waals surface area contributed by atoms with Crippen LogP contribution in [-0.2, 0) is 23.3 Å². The summed E-state index contributed by atoms with van der Waals surface area (Å²) in [6.07, 6.45) is 6.84. The molecule has 1 heterocycles. The van der Waals surface area contributed by atoms with Crippen molar-refractivity contribution in [1.29, 1.82) is 0 Å². The fourth-order valence-electron chi connectivity index (χ4n) is 2.98. The summed E-state index contributed by atoms with van der Waals surface area (Å²) < 4.78 is 5.09. The molecule has 27 heavy (non-hydrogen) atoms. The van der Waals surface area contributed by atoms with Gasteiger partial charge in [-0.15, -0.1) is 53.6 Å². The third-order valence-corrected chi connectivity index (χ3v) is 4.75. The molecule has 1 aromatic heterocycles. The van der Waals surface area contributed by atoms with Crippen molar-refractivity contribution < 1.29 is 27.8 Å². The molecule has 1 atom stereocenters. The monoisotopic (exact) mass is 450 g/mol. The Balaban J connectivity index is 0.000000460. The Kier molecular flexibility index (Phi) is 11.6. The second kappa shape index (κ2) is 12.2. The zero-order chi connectivity index (χ0) is 18.4. The zero-order valence-electron chi connectivity index (χ0n) is 17.2. The summed E-state index contributed by atoms with van der Waals surface area (Å²) in [5.74, 6) is 0.560. The van der Waals surface area contributed by atoms with Crippen LogP contribution in [0.3, 0.4) is 0 Å². The molecule has 1 nitrogen and oxygen atoms in total. The van der Waals surface area contributed by atoms with E-state index in [0.717, 1.165) is 5.56 Å². The largest absolute Gasteiger partial charge is 0.473 e. The molecule has 3 aromatic rings. The number of hydrogen-bond donors (Lipinski definition) is 0. The number of hydrogen-bond acceptors (Lipinski definition) is 1. The molecule has 0 N–H and O–H groups in total. The quantitative estimate of drug-likeness (QED) is 0.285. The fraction of sp³-hybridized carbons (Fsp3) is 0.208. The van der Waals surface area contributed by atoms with Crippen molar-refractivity contribution in [3.63, 3.8) is 0 Å². The van der Waals surface area contributed by atoms with Crippen molar-refractivity contribution in [3.05, 3.63) is 92.6 Å². The molecule has 0 bridgehead atoms. The molecule has 0 saturated carbocycles. The van der Waals surface area contributed by atoms with E-state index in [1.165, 1.54) is 56.4 Å². The average molecular weight is 452 g/mol. The predicted molar refractivity (Wildman–Crippen MR) is 116 cm³/mol. The van der Waals surface area contributed by atoms with Crippen molar-refractivity contribution in [2.75, 3.05) is 0 Å². The van der Waals surface area contributed by atoms with Gasteiger partial charge in [0.1, 0.15) is 0 Å². The third kappa shape index (κ3) is 6.09. The first-order valence-electron chi connectivity index (χ1n) is 8.27. The molecular formula is C24H28OSiZr-4. The van der Waals surface area contributed by atoms with Crippen LogP contribution in [0.1, 0.15) is 27.7 Å². The van der Waals surface area contributed by atoms with E-state index >= 15 is 0 Å². The van der Waals surface area contributed by atoms with Crippen LogP contribution in [0, 0.1) is 26.8 Å². The summed E-state index contributed by atoms with van der Waals surface area (Å²) in [4.78, 5) is 0. The van der Waals surface area contributed by atoms with Crippen molar-refractivity contribution >= 4 is 17.7 Å². The van der Waals surface area contributed by atoms with Gasteiger partial charge in [-0.05, 0) is 11.6 Å². The van der Waals surface area contributed by atoms with Gasteiger partial charge >= 0.3 is 30.2 Å². The van der Waals surface area contributed by atoms with Gasteiger partial charge in [-0.3, -0.25) is 6.08 Å². The first kappa shape index (κ1) is 25.7. The summed E-state index contributed by atoms with van der Waals surface area (Å²) in [6, 6.07) is 14.6. The van der Waals surface area contributed by atoms with Gasteiger partial charge in [0.25, 0.3) is 0 Å². The van der Waals surface area contributed by atoms with Gasteiger partial charge in [0.05, 0.1) is 12.5 Å². The van der Waals surface area contributed by atoms with E-state index in [-0.39, 0.29) is 14.9 Å². The van der Waals surface area contributed by atoms with E-state index in [2.05, 4.69) is 77.0 Å². The Labute approximate surface area is 182 Å². The van der Waals surface area contributed by atoms with Crippen molar-refractivity contribution in [3.8, 4) is 11.1 Å². The minimum Gasteiger partial charge on any atom is -0.473 e. The molecule has 0 spiro atoms. The Morgan fingerprint density at radius 1 is 1.07 bits per heavy atom. The summed E-state index contributed by atoms with van der Waals surface area (Å²) >= 11 is 1.36. The molecule has 1 unspecified atom stereocenters. The Morgan fingerprint density at radius 2 is 1.74 bits per heavy atom. The number of benzene rings is 1. The van der Waals surface area contributed by atoms with Crippen LogP contribution in [-0.4, -0.2) is 6.88 Å². The minimum atomic E-state index is 0. The number of furan rings is 1. The van der Waals surface area contributed by atoms with Crippen LogP contribution in [0.15, 0.2) is 76.1 Å². The predicted octanol–water partition coefficient (Wildman–Crippen LogP) is 7.06. The van der Waals surface area contributed by atoms with E-state index < -0.39 is 0 Å². The van der Waals surface area contributed by atoms with E-state index in [4.69, 9.17) is 4.42 Å². The number of fused-ring (bicyclic) bond motifs is 1. The maximum atomic E-state index is 5.09. The minimum absolute atomic E-state index is 0. The average Bonchev–Trinajstić information content (AvgIpc) is 3.35. The SMILES string of the molecule is CC1=[C-]C(C)C(C)=C1C.[CH3-].[CH3-].[Si]=[Zr].c1ccc2c(-c3ccoc3)c[cH-]c2c1. The number of rotatable bonds is 1. The first-order valence-corrected chi connectivity index (χ1v) is 12.5. The van der Waals surface area contributed by atoms with E-state index in [1.807, 2.05) is 6.07 Å². The molecule has 2 radical (unpaired) electrons. The summed E-state index contributed by atoms with van der Waals surface area (Å²) in [6.45, 7) is 11.7. The summed E-state index contributed by atoms with van der Waals surface area (Å²) in [7, 11) is 0. The number of allylic oxidation sites excluding steroid dienone is 4. The van der Waals surface area contributed by atoms with Crippen LogP contribution >= 0.6 is 0 Å². The van der Waals surface area contributed by atoms with Crippen LogP contribution in [0.2, 0.25) is 0 Å². The standard InChI is InChI=1S/C13H9O.C9H13.2CH3.Si.Zr/c1-2-4-12-10(3-1)5-6-13(12)11-7-8-14-9-11;1-6-5-7(2)9(4)8(6)3;;;;/h1-9H;6H,1-4H3;2*1H3;;/q4*-1;;. The molecule has 2 aromatic carbocycles. The van der Waals surface area contributed by atoms with E-state index in [0.29, 0.717) is 5.92 Å². The van der Waals surface area contributed by atoms with Crippen molar-refractivity contribution in [2.45, 2.75) is 27.7 Å². The maximum Gasteiger partial charge on any atom is 0.0900 e. The fourth-order valence-corrected chi connectivity index (χ4v) is 2.98. The van der Waals surface area contributed by atoms with Gasteiger partial charge in [0.15, 0.2) is 0 Å². The Bertz CT molecular complexity index is 884. The molecule has 0 aliphatic heterocycles. The van der Waals surface area contributed by atoms with Gasteiger partial charge in [-0.25, -0.2) is 5.57 Å². The molecule has 3 heteroatoms. The van der Waals surface area contributed by atoms with Gasteiger partial charge in [0, 0.05) is 0 Å². The summed E-state index contributed by atoms with van der Waals surface area (Å²) in [5, 5.41) is 2.57. The van der Waals surface area contributed by atoms with Crippen LogP contribution < -0.4 is 0 Å². The topological polar surface area (TPSA) is 13.1 Å². The van der Waals surface area contributed by atoms with Gasteiger partial charge < -0.3 is 19.3 Å². The second-order valence-electron chi connectivity index (χ2n) is 6.15. The van der Waals surface area contributed by atoms with Crippen molar-refractivity contribution in [1.82, 2.24) is 0 Å². The van der Waals surface area contributed by atoms with Gasteiger partial charge in [-0.1, -0.05) is 32.8 Å². The molecule has 0 fully saturated rings. The zero-order valence-corrected chi connectivity index (χ0v) is 20.6. The molecular weight excluding hydrogens is 424 g/mol. The van der Waals surface area contributed by atoms with Gasteiger partial charge in [0.2, 0.25) is 0 Å². The molecule has 1 aliphatic carbocycles. The summed E-state index contributed by atoms with van der Waals surface area (Å²) in [5.41, 5.74) is 6.63. The Morgan fingerprint density at radius 3 is 2.22 bits per heavy atom. The van der Waals surface area contributed by atoms with Crippen molar-refractivity contribution in [2.24, 2.45) is 5.92 Å². The molecule has 4 rings (SSSR count). The third-order valence-electron chi connectivity index (χ3n) is 4.75. The molecule has 142 valence electrons. The van der Waals surface area contributed by atoms with E-state index in [9.17, 15) is 0 Å². The maximum absolute atomic E-state index is 5.09. The molecule has 1 aliphatic rings. The molecule has 0 saturated heterocycles. The normalized spacial score (nSPS) is 14.8. The van der Waals surface area contributed by atoms with Crippen LogP contribution in [0.5, 0.6) is 0 Å². The van der Waals surface area contributed by atoms with Crippen LogP contribution in [0.4, 0.5) is 0 Å². The first-order chi connectivity index (χ1) is 12.1. The van der Waals surface area contributed by atoms with Gasteiger partial charge in [-0.2, -0.15) is 11.1 Å². The second-order valence-corrected chi connectivity index (χ2v) is 6.15. The molecule has 0 amide bonds.